The molecule has 0 bridgehead atoms. The Labute approximate surface area is 118 Å². The third kappa shape index (κ3) is 2.81. The highest BCUT2D eigenvalue weighted by atomic mass is 16.6. The Bertz CT molecular complexity index is 511. The minimum atomic E-state index is -0.469. The molecule has 106 valence electrons. The van der Waals surface area contributed by atoms with Crippen LogP contribution in [0.5, 0.6) is 0 Å². The summed E-state index contributed by atoms with van der Waals surface area (Å²) in [5.74, 6) is 0.465. The molecular formula is C15H19N3O2. The SMILES string of the molecule is CC[C@@H](NC(=O)C1CC(C2CC2)=NO1)c1ccccn1. The zero-order valence-electron chi connectivity index (χ0n) is 11.6. The van der Waals surface area contributed by atoms with Gasteiger partial charge in [-0.1, -0.05) is 18.1 Å². The largest absolute Gasteiger partial charge is 0.382 e. The lowest BCUT2D eigenvalue weighted by Crippen LogP contribution is -2.37. The average Bonchev–Trinajstić information content (AvgIpc) is 3.22. The van der Waals surface area contributed by atoms with Crippen molar-refractivity contribution < 1.29 is 9.63 Å². The van der Waals surface area contributed by atoms with Crippen LogP contribution < -0.4 is 5.32 Å². The van der Waals surface area contributed by atoms with E-state index in [-0.39, 0.29) is 11.9 Å². The third-order valence-corrected chi connectivity index (χ3v) is 3.80. The van der Waals surface area contributed by atoms with Gasteiger partial charge >= 0.3 is 0 Å². The van der Waals surface area contributed by atoms with Crippen molar-refractivity contribution in [2.45, 2.75) is 44.8 Å². The normalized spacial score (nSPS) is 22.9. The lowest BCUT2D eigenvalue weighted by molar-refractivity contribution is -0.132. The van der Waals surface area contributed by atoms with E-state index in [1.807, 2.05) is 25.1 Å². The second kappa shape index (κ2) is 5.61. The second-order valence-corrected chi connectivity index (χ2v) is 5.38. The number of aromatic nitrogens is 1. The minimum absolute atomic E-state index is 0.0720. The summed E-state index contributed by atoms with van der Waals surface area (Å²) in [5, 5.41) is 7.05. The van der Waals surface area contributed by atoms with Crippen molar-refractivity contribution in [2.24, 2.45) is 11.1 Å². The number of amides is 1. The number of carbonyl (C=O) groups is 1. The smallest absolute Gasteiger partial charge is 0.264 e. The molecule has 2 atom stereocenters. The van der Waals surface area contributed by atoms with Gasteiger partial charge in [-0.05, 0) is 31.4 Å². The summed E-state index contributed by atoms with van der Waals surface area (Å²) < 4.78 is 0. The zero-order chi connectivity index (χ0) is 13.9. The zero-order valence-corrected chi connectivity index (χ0v) is 11.6. The highest BCUT2D eigenvalue weighted by Gasteiger charge is 2.37. The van der Waals surface area contributed by atoms with Crippen LogP contribution in [0.4, 0.5) is 0 Å². The number of hydrogen-bond donors (Lipinski definition) is 1. The topological polar surface area (TPSA) is 63.6 Å². The molecule has 2 heterocycles. The van der Waals surface area contributed by atoms with Crippen LogP contribution in [0, 0.1) is 5.92 Å². The first kappa shape index (κ1) is 13.1. The first-order chi connectivity index (χ1) is 9.78. The maximum absolute atomic E-state index is 12.2. The fraction of sp³-hybridized carbons (Fsp3) is 0.533. The van der Waals surface area contributed by atoms with Gasteiger partial charge in [0.25, 0.3) is 5.91 Å². The summed E-state index contributed by atoms with van der Waals surface area (Å²) in [4.78, 5) is 21.8. The lowest BCUT2D eigenvalue weighted by atomic mass is 10.1. The molecule has 5 heteroatoms. The van der Waals surface area contributed by atoms with Crippen LogP contribution in [-0.2, 0) is 9.63 Å². The standard InChI is InChI=1S/C15H19N3O2/c1-2-11(12-5-3-4-8-16-12)17-15(19)14-9-13(18-20-14)10-6-7-10/h3-5,8,10-11,14H,2,6-7,9H2,1H3,(H,17,19)/t11-,14?/m1/s1. The number of oxime groups is 1. The molecule has 0 aromatic carbocycles. The Morgan fingerprint density at radius 3 is 3.00 bits per heavy atom. The summed E-state index contributed by atoms with van der Waals surface area (Å²) in [6, 6.07) is 5.65. The van der Waals surface area contributed by atoms with Gasteiger partial charge in [0.1, 0.15) is 0 Å². The van der Waals surface area contributed by atoms with Gasteiger partial charge in [-0.15, -0.1) is 0 Å². The van der Waals surface area contributed by atoms with Crippen molar-refractivity contribution >= 4 is 11.6 Å². The van der Waals surface area contributed by atoms with Gasteiger partial charge < -0.3 is 10.2 Å². The predicted molar refractivity (Wildman–Crippen MR) is 75.1 cm³/mol. The number of carbonyl (C=O) groups excluding carboxylic acids is 1. The highest BCUT2D eigenvalue weighted by Crippen LogP contribution is 2.34. The second-order valence-electron chi connectivity index (χ2n) is 5.38. The number of nitrogens with one attached hydrogen (secondary N) is 1. The quantitative estimate of drug-likeness (QED) is 0.894. The van der Waals surface area contributed by atoms with Crippen LogP contribution in [0.25, 0.3) is 0 Å². The van der Waals surface area contributed by atoms with E-state index in [0.717, 1.165) is 17.8 Å². The van der Waals surface area contributed by atoms with E-state index in [0.29, 0.717) is 12.3 Å². The lowest BCUT2D eigenvalue weighted by Gasteiger charge is -2.18. The first-order valence-corrected chi connectivity index (χ1v) is 7.21. The van der Waals surface area contributed by atoms with Gasteiger partial charge in [-0.2, -0.15) is 0 Å². The van der Waals surface area contributed by atoms with Crippen LogP contribution in [0.3, 0.4) is 0 Å². The van der Waals surface area contributed by atoms with E-state index in [4.69, 9.17) is 4.84 Å². The van der Waals surface area contributed by atoms with E-state index in [2.05, 4.69) is 15.5 Å². The molecule has 5 nitrogen and oxygen atoms in total. The molecule has 3 rings (SSSR count). The van der Waals surface area contributed by atoms with Crippen molar-refractivity contribution in [2.75, 3.05) is 0 Å². The summed E-state index contributed by atoms with van der Waals surface area (Å²) in [5.41, 5.74) is 1.93. The van der Waals surface area contributed by atoms with Gasteiger partial charge in [0.2, 0.25) is 6.10 Å². The molecule has 0 saturated heterocycles. The Hall–Kier alpha value is -1.91. The van der Waals surface area contributed by atoms with E-state index in [9.17, 15) is 4.79 Å². The first-order valence-electron chi connectivity index (χ1n) is 7.21. The average molecular weight is 273 g/mol. The highest BCUT2D eigenvalue weighted by molar-refractivity contribution is 5.95. The van der Waals surface area contributed by atoms with Crippen molar-refractivity contribution in [3.05, 3.63) is 30.1 Å². The van der Waals surface area contributed by atoms with Crippen molar-refractivity contribution in [3.8, 4) is 0 Å². The summed E-state index contributed by atoms with van der Waals surface area (Å²) in [6.07, 6.45) is 5.07. The summed E-state index contributed by atoms with van der Waals surface area (Å²) in [7, 11) is 0. The van der Waals surface area contributed by atoms with Gasteiger partial charge in [-0.25, -0.2) is 0 Å². The van der Waals surface area contributed by atoms with Crippen LogP contribution in [0.1, 0.15) is 44.3 Å². The molecule has 1 amide bonds. The van der Waals surface area contributed by atoms with E-state index in [1.54, 1.807) is 6.20 Å². The maximum atomic E-state index is 12.2. The molecule has 1 aromatic rings. The molecule has 1 fully saturated rings. The van der Waals surface area contributed by atoms with Crippen molar-refractivity contribution in [1.29, 1.82) is 0 Å². The van der Waals surface area contributed by atoms with Gasteiger partial charge in [0.15, 0.2) is 0 Å². The molecular weight excluding hydrogens is 254 g/mol. The molecule has 20 heavy (non-hydrogen) atoms. The van der Waals surface area contributed by atoms with Crippen LogP contribution in [0.15, 0.2) is 29.6 Å². The monoisotopic (exact) mass is 273 g/mol. The molecule has 1 saturated carbocycles. The van der Waals surface area contributed by atoms with E-state index in [1.165, 1.54) is 12.8 Å². The molecule has 1 aliphatic heterocycles. The van der Waals surface area contributed by atoms with Gasteiger partial charge in [0.05, 0.1) is 17.4 Å². The summed E-state index contributed by atoms with van der Waals surface area (Å²) in [6.45, 7) is 2.03. The maximum Gasteiger partial charge on any atom is 0.264 e. The Morgan fingerprint density at radius 2 is 2.35 bits per heavy atom. The molecule has 2 aliphatic rings. The van der Waals surface area contributed by atoms with E-state index >= 15 is 0 Å². The summed E-state index contributed by atoms with van der Waals surface area (Å²) >= 11 is 0. The number of rotatable bonds is 5. The molecule has 1 aromatic heterocycles. The molecule has 0 radical (unpaired) electrons. The fourth-order valence-corrected chi connectivity index (χ4v) is 2.43. The van der Waals surface area contributed by atoms with Gasteiger partial charge in [-0.3, -0.25) is 9.78 Å². The molecule has 1 N–H and O–H groups in total. The number of nitrogens with zero attached hydrogens (tertiary/aromatic N) is 2. The molecule has 1 aliphatic carbocycles. The van der Waals surface area contributed by atoms with E-state index < -0.39 is 6.10 Å². The number of pyridine rings is 1. The number of hydrogen-bond acceptors (Lipinski definition) is 4. The van der Waals surface area contributed by atoms with Crippen molar-refractivity contribution in [1.82, 2.24) is 10.3 Å². The van der Waals surface area contributed by atoms with Crippen LogP contribution in [-0.4, -0.2) is 22.7 Å². The van der Waals surface area contributed by atoms with Gasteiger partial charge in [0, 0.05) is 18.5 Å². The van der Waals surface area contributed by atoms with Crippen LogP contribution >= 0.6 is 0 Å². The van der Waals surface area contributed by atoms with Crippen molar-refractivity contribution in [3.63, 3.8) is 0 Å². The Morgan fingerprint density at radius 1 is 1.50 bits per heavy atom. The predicted octanol–water partition coefficient (Wildman–Crippen LogP) is 2.20. The third-order valence-electron chi connectivity index (χ3n) is 3.80. The van der Waals surface area contributed by atoms with Crippen LogP contribution in [0.2, 0.25) is 0 Å². The Kier molecular flexibility index (Phi) is 3.67. The molecule has 0 spiro atoms. The molecule has 1 unspecified atom stereocenters. The fourth-order valence-electron chi connectivity index (χ4n) is 2.43. The minimum Gasteiger partial charge on any atom is -0.382 e. The Balaban J connectivity index is 1.58.